The van der Waals surface area contributed by atoms with Crippen LogP contribution in [0.4, 0.5) is 0 Å². The summed E-state index contributed by atoms with van der Waals surface area (Å²) in [6.45, 7) is 28.9. The predicted octanol–water partition coefficient (Wildman–Crippen LogP) is 10.2. The fourth-order valence-corrected chi connectivity index (χ4v) is 20.4. The summed E-state index contributed by atoms with van der Waals surface area (Å²) in [5, 5.41) is 14.3. The van der Waals surface area contributed by atoms with Gasteiger partial charge in [-0.3, -0.25) is 9.59 Å². The minimum absolute atomic E-state index is 0.0203. The third-order valence-corrected chi connectivity index (χ3v) is 30.7. The van der Waals surface area contributed by atoms with Crippen LogP contribution in [0.25, 0.3) is 0 Å². The highest BCUT2D eigenvalue weighted by atomic mass is 28.4. The first kappa shape index (κ1) is 49.0. The molecule has 1 heterocycles. The summed E-state index contributed by atoms with van der Waals surface area (Å²) < 4.78 is 42.4. The SMILES string of the molecule is CC[Si](CC)(CC)O[C@H]1C(=O)[C@@]2(C)C(C(OC(=O)c3ccccc3)[C@]3(O)C[C@H](O[Si](CC)(CC)CC)C(C)=C1C3(C)C)[C@]1(OC(C)=O)CO[C@@H]1C[C@@H]2O[Si](CC)(CC)CC. The van der Waals surface area contributed by atoms with Crippen molar-refractivity contribution in [2.75, 3.05) is 6.61 Å². The molecular weight excluding hydrogens is 809 g/mol. The van der Waals surface area contributed by atoms with Crippen molar-refractivity contribution in [3.8, 4) is 0 Å². The largest absolute Gasteiger partial charge is 0.455 e. The first-order chi connectivity index (χ1) is 28.2. The highest BCUT2D eigenvalue weighted by molar-refractivity contribution is 6.74. The van der Waals surface area contributed by atoms with Crippen molar-refractivity contribution in [3.63, 3.8) is 0 Å². The summed E-state index contributed by atoms with van der Waals surface area (Å²) in [5.74, 6) is -2.43. The average molecular weight is 887 g/mol. The monoisotopic (exact) mass is 886 g/mol. The Morgan fingerprint density at radius 2 is 1.28 bits per heavy atom. The van der Waals surface area contributed by atoms with Gasteiger partial charge in [0.25, 0.3) is 0 Å². The Kier molecular flexibility index (Phi) is 14.9. The van der Waals surface area contributed by atoms with Crippen molar-refractivity contribution in [2.24, 2.45) is 16.7 Å². The molecule has 2 unspecified atom stereocenters. The summed E-state index contributed by atoms with van der Waals surface area (Å²) in [5.41, 5.74) is -4.01. The second-order valence-electron chi connectivity index (χ2n) is 19.2. The molecule has 1 aliphatic heterocycles. The Balaban J connectivity index is 1.96. The van der Waals surface area contributed by atoms with E-state index in [2.05, 4.69) is 69.2 Å². The van der Waals surface area contributed by atoms with Crippen LogP contribution in [-0.4, -0.2) is 96.1 Å². The van der Waals surface area contributed by atoms with Gasteiger partial charge in [-0.2, -0.15) is 0 Å². The molecule has 1 aromatic carbocycles. The fourth-order valence-electron chi connectivity index (χ4n) is 11.9. The van der Waals surface area contributed by atoms with E-state index in [-0.39, 0.29) is 18.8 Å². The lowest BCUT2D eigenvalue weighted by Crippen LogP contribution is -2.82. The molecule has 0 radical (unpaired) electrons. The standard InChI is InChI=1S/C47H78O10Si3/c1-15-58(16-2,17-3)55-35-30-47(51)42(53-43(50)34-27-25-24-26-28-34)40-45(14,41(49)39(38(32(35)10)44(47,12)13)57-60(21-7,22-8)23-9)36(56-59(18-4,19-5)20-6)29-37-46(40,31-52-37)54-33(11)48/h24-28,35-37,39-40,42,51H,15-23,29-31H2,1-14H3/t35-,36-,37+,39+,40?,42?,45+,46-,47+/m0/s1. The van der Waals surface area contributed by atoms with Crippen LogP contribution >= 0.6 is 0 Å². The van der Waals surface area contributed by atoms with Gasteiger partial charge >= 0.3 is 11.9 Å². The lowest BCUT2D eigenvalue weighted by atomic mass is 9.44. The number of ether oxygens (including phenoxy) is 3. The van der Waals surface area contributed by atoms with Gasteiger partial charge in [0.15, 0.2) is 36.3 Å². The summed E-state index contributed by atoms with van der Waals surface area (Å²) in [7, 11) is -7.36. The van der Waals surface area contributed by atoms with Crippen LogP contribution in [0.2, 0.25) is 54.4 Å². The number of rotatable bonds is 18. The van der Waals surface area contributed by atoms with Crippen LogP contribution < -0.4 is 0 Å². The second kappa shape index (κ2) is 18.3. The molecule has 60 heavy (non-hydrogen) atoms. The Morgan fingerprint density at radius 1 is 0.783 bits per heavy atom. The maximum atomic E-state index is 16.8. The zero-order valence-electron chi connectivity index (χ0n) is 39.5. The number of carbonyl (C=O) groups is 3. The molecule has 0 aromatic heterocycles. The number of esters is 2. The molecule has 3 aliphatic carbocycles. The number of hydrogen-bond donors (Lipinski definition) is 1. The van der Waals surface area contributed by atoms with E-state index in [1.807, 2.05) is 26.8 Å². The number of ketones is 1. The maximum absolute atomic E-state index is 16.8. The van der Waals surface area contributed by atoms with Gasteiger partial charge in [-0.15, -0.1) is 0 Å². The summed E-state index contributed by atoms with van der Waals surface area (Å²) in [6, 6.07) is 16.4. The van der Waals surface area contributed by atoms with E-state index in [0.717, 1.165) is 60.0 Å². The molecule has 0 amide bonds. The van der Waals surface area contributed by atoms with Crippen molar-refractivity contribution in [2.45, 2.75) is 206 Å². The van der Waals surface area contributed by atoms with Gasteiger partial charge in [0, 0.05) is 25.2 Å². The number of Topliss-reactive ketones (excluding diaryl/α,β-unsaturated/α-hetero) is 1. The Morgan fingerprint density at radius 3 is 1.75 bits per heavy atom. The van der Waals surface area contributed by atoms with Crippen LogP contribution in [-0.2, 0) is 37.1 Å². The number of fused-ring (bicyclic) bond motifs is 5. The van der Waals surface area contributed by atoms with Crippen LogP contribution in [0, 0.1) is 16.7 Å². The van der Waals surface area contributed by atoms with Crippen molar-refractivity contribution in [1.29, 1.82) is 0 Å². The van der Waals surface area contributed by atoms with Gasteiger partial charge in [0.2, 0.25) is 0 Å². The van der Waals surface area contributed by atoms with Crippen LogP contribution in [0.1, 0.15) is 120 Å². The maximum Gasteiger partial charge on any atom is 0.338 e. The molecule has 13 heteroatoms. The van der Waals surface area contributed by atoms with Crippen molar-refractivity contribution in [3.05, 3.63) is 47.0 Å². The highest BCUT2D eigenvalue weighted by Crippen LogP contribution is 2.65. The summed E-state index contributed by atoms with van der Waals surface area (Å²) >= 11 is 0. The molecule has 3 fully saturated rings. The topological polar surface area (TPSA) is 127 Å². The Labute approximate surface area is 364 Å². The van der Waals surface area contributed by atoms with E-state index in [1.165, 1.54) is 6.92 Å². The van der Waals surface area contributed by atoms with E-state index in [9.17, 15) is 14.7 Å². The first-order valence-corrected chi connectivity index (χ1v) is 30.9. The van der Waals surface area contributed by atoms with Gasteiger partial charge in [-0.1, -0.05) is 94.4 Å². The molecule has 1 aromatic rings. The molecule has 1 saturated heterocycles. The lowest BCUT2D eigenvalue weighted by molar-refractivity contribution is -0.344. The van der Waals surface area contributed by atoms with E-state index in [0.29, 0.717) is 17.6 Å². The number of carbonyl (C=O) groups excluding carboxylic acids is 3. The Hall–Kier alpha value is -1.98. The minimum Gasteiger partial charge on any atom is -0.455 e. The smallest absolute Gasteiger partial charge is 0.338 e. The molecule has 9 atom stereocenters. The summed E-state index contributed by atoms with van der Waals surface area (Å²) in [6.07, 6.45) is -3.97. The molecule has 0 spiro atoms. The van der Waals surface area contributed by atoms with E-state index >= 15 is 4.79 Å². The lowest BCUT2D eigenvalue weighted by Gasteiger charge is -2.68. The first-order valence-electron chi connectivity index (χ1n) is 23.3. The molecule has 2 bridgehead atoms. The quantitative estimate of drug-likeness (QED) is 0.0865. The molecule has 1 N–H and O–H groups in total. The van der Waals surface area contributed by atoms with Crippen molar-refractivity contribution in [1.82, 2.24) is 0 Å². The van der Waals surface area contributed by atoms with Gasteiger partial charge in [0.05, 0.1) is 35.7 Å². The van der Waals surface area contributed by atoms with Gasteiger partial charge in [-0.05, 0) is 91.5 Å². The van der Waals surface area contributed by atoms with E-state index < -0.39 is 95.4 Å². The summed E-state index contributed by atoms with van der Waals surface area (Å²) in [4.78, 5) is 45.0. The fraction of sp³-hybridized carbons (Fsp3) is 0.766. The normalized spacial score (nSPS) is 32.9. The van der Waals surface area contributed by atoms with Crippen molar-refractivity contribution < 1.29 is 47.0 Å². The second-order valence-corrected chi connectivity index (χ2v) is 33.4. The highest BCUT2D eigenvalue weighted by Gasteiger charge is 2.79. The number of hydrogen-bond acceptors (Lipinski definition) is 10. The third kappa shape index (κ3) is 7.85. The average Bonchev–Trinajstić information content (AvgIpc) is 3.24. The zero-order valence-corrected chi connectivity index (χ0v) is 42.5. The zero-order chi connectivity index (χ0) is 44.7. The molecular formula is C47H78O10Si3. The number of benzene rings is 1. The van der Waals surface area contributed by atoms with E-state index in [4.69, 9.17) is 27.5 Å². The third-order valence-electron chi connectivity index (χ3n) is 16.8. The van der Waals surface area contributed by atoms with Crippen molar-refractivity contribution >= 4 is 42.7 Å². The van der Waals surface area contributed by atoms with Crippen LogP contribution in [0.3, 0.4) is 0 Å². The predicted molar refractivity (Wildman–Crippen MR) is 243 cm³/mol. The van der Waals surface area contributed by atoms with Gasteiger partial charge in [-0.25, -0.2) is 4.79 Å². The van der Waals surface area contributed by atoms with Crippen LogP contribution in [0.15, 0.2) is 41.5 Å². The van der Waals surface area contributed by atoms with E-state index in [1.54, 1.807) is 24.3 Å². The Bertz CT molecular complexity index is 1710. The molecule has 338 valence electrons. The molecule has 10 nitrogen and oxygen atoms in total. The molecule has 4 aliphatic rings. The van der Waals surface area contributed by atoms with Gasteiger partial charge < -0.3 is 32.6 Å². The molecule has 5 rings (SSSR count). The minimum atomic E-state index is -2.57. The number of aliphatic hydroxyl groups is 1. The molecule has 2 saturated carbocycles. The van der Waals surface area contributed by atoms with Gasteiger partial charge in [0.1, 0.15) is 23.9 Å². The van der Waals surface area contributed by atoms with Crippen LogP contribution in [0.5, 0.6) is 0 Å².